The van der Waals surface area contributed by atoms with E-state index in [9.17, 15) is 23.3 Å². The van der Waals surface area contributed by atoms with Gasteiger partial charge in [0.25, 0.3) is 11.6 Å². The first kappa shape index (κ1) is 23.6. The van der Waals surface area contributed by atoms with Crippen molar-refractivity contribution in [3.63, 3.8) is 0 Å². The van der Waals surface area contributed by atoms with Crippen LogP contribution in [-0.2, 0) is 22.9 Å². The zero-order chi connectivity index (χ0) is 23.5. The van der Waals surface area contributed by atoms with Crippen LogP contribution in [0.25, 0.3) is 0 Å². The number of benzene rings is 2. The van der Waals surface area contributed by atoms with Crippen LogP contribution < -0.4 is 0 Å². The number of hydrogen-bond donors (Lipinski definition) is 0. The number of sulfone groups is 1. The molecule has 166 valence electrons. The summed E-state index contributed by atoms with van der Waals surface area (Å²) in [4.78, 5) is 29.3. The zero-order valence-electron chi connectivity index (χ0n) is 16.7. The smallest absolute Gasteiger partial charge is 0.271 e. The summed E-state index contributed by atoms with van der Waals surface area (Å²) in [5.41, 5.74) is 0.617. The van der Waals surface area contributed by atoms with Crippen molar-refractivity contribution < 1.29 is 18.1 Å². The van der Waals surface area contributed by atoms with Crippen molar-refractivity contribution in [1.29, 1.82) is 0 Å². The van der Waals surface area contributed by atoms with Crippen LogP contribution in [-0.4, -0.2) is 35.4 Å². The first-order chi connectivity index (χ1) is 15.0. The molecule has 0 aliphatic heterocycles. The molecule has 0 spiro atoms. The SMILES string of the molecule is CS(=O)(=O)c1cc(C(=O)N(Cc2ccc(Cl)c(Cl)c2)Cc2ccccn2)cc([N+](=O)[O-])c1. The number of carbonyl (C=O) groups is 1. The van der Waals surface area contributed by atoms with Crippen LogP contribution in [0.1, 0.15) is 21.6 Å². The van der Waals surface area contributed by atoms with Crippen LogP contribution in [0, 0.1) is 10.1 Å². The molecule has 0 N–H and O–H groups in total. The van der Waals surface area contributed by atoms with Crippen LogP contribution in [0.4, 0.5) is 5.69 Å². The van der Waals surface area contributed by atoms with Gasteiger partial charge in [0.2, 0.25) is 0 Å². The van der Waals surface area contributed by atoms with Crippen molar-refractivity contribution in [3.8, 4) is 0 Å². The second-order valence-corrected chi connectivity index (χ2v) is 9.81. The number of hydrogen-bond acceptors (Lipinski definition) is 6. The van der Waals surface area contributed by atoms with Gasteiger partial charge < -0.3 is 4.90 Å². The summed E-state index contributed by atoms with van der Waals surface area (Å²) in [5.74, 6) is -0.602. The predicted octanol–water partition coefficient (Wildman–Crippen LogP) is 4.54. The molecule has 11 heteroatoms. The Morgan fingerprint density at radius 1 is 1.06 bits per heavy atom. The number of carbonyl (C=O) groups excluding carboxylic acids is 1. The van der Waals surface area contributed by atoms with Gasteiger partial charge in [-0.3, -0.25) is 19.9 Å². The molecular formula is C21H17Cl2N3O5S. The molecule has 2 aromatic carbocycles. The van der Waals surface area contributed by atoms with E-state index >= 15 is 0 Å². The number of halogens is 2. The lowest BCUT2D eigenvalue weighted by atomic mass is 10.1. The second kappa shape index (κ2) is 9.64. The Kier molecular flexibility index (Phi) is 7.12. The van der Waals surface area contributed by atoms with E-state index in [0.717, 1.165) is 24.5 Å². The lowest BCUT2D eigenvalue weighted by molar-refractivity contribution is -0.385. The Labute approximate surface area is 194 Å². The van der Waals surface area contributed by atoms with Gasteiger partial charge in [-0.2, -0.15) is 0 Å². The van der Waals surface area contributed by atoms with Gasteiger partial charge in [0, 0.05) is 36.7 Å². The van der Waals surface area contributed by atoms with Gasteiger partial charge in [-0.25, -0.2) is 8.42 Å². The van der Waals surface area contributed by atoms with Gasteiger partial charge in [0.05, 0.1) is 32.1 Å². The van der Waals surface area contributed by atoms with E-state index in [2.05, 4.69) is 4.98 Å². The van der Waals surface area contributed by atoms with Gasteiger partial charge >= 0.3 is 0 Å². The Morgan fingerprint density at radius 3 is 2.41 bits per heavy atom. The highest BCUT2D eigenvalue weighted by Crippen LogP contribution is 2.26. The molecule has 3 aromatic rings. The molecule has 0 saturated heterocycles. The summed E-state index contributed by atoms with van der Waals surface area (Å²) in [7, 11) is -3.79. The van der Waals surface area contributed by atoms with Crippen LogP contribution in [0.2, 0.25) is 10.0 Å². The number of nitro benzene ring substituents is 1. The minimum atomic E-state index is -3.79. The summed E-state index contributed by atoms with van der Waals surface area (Å²) < 4.78 is 24.0. The number of pyridine rings is 1. The molecule has 0 radical (unpaired) electrons. The quantitative estimate of drug-likeness (QED) is 0.352. The maximum Gasteiger partial charge on any atom is 0.271 e. The highest BCUT2D eigenvalue weighted by molar-refractivity contribution is 7.90. The van der Waals surface area contributed by atoms with Gasteiger partial charge in [-0.15, -0.1) is 0 Å². The highest BCUT2D eigenvalue weighted by atomic mass is 35.5. The lowest BCUT2D eigenvalue weighted by Crippen LogP contribution is -2.30. The fourth-order valence-corrected chi connectivity index (χ4v) is 3.95. The third-order valence-corrected chi connectivity index (χ3v) is 6.33. The number of amides is 1. The van der Waals surface area contributed by atoms with Crippen LogP contribution >= 0.6 is 23.2 Å². The summed E-state index contributed by atoms with van der Waals surface area (Å²) in [6.45, 7) is 0.167. The van der Waals surface area contributed by atoms with Crippen molar-refractivity contribution in [2.24, 2.45) is 0 Å². The van der Waals surface area contributed by atoms with E-state index in [1.165, 1.54) is 4.90 Å². The monoisotopic (exact) mass is 493 g/mol. The number of nitrogens with zero attached hydrogens (tertiary/aromatic N) is 3. The van der Waals surface area contributed by atoms with Gasteiger partial charge in [-0.1, -0.05) is 35.3 Å². The third-order valence-electron chi connectivity index (χ3n) is 4.50. The number of rotatable bonds is 7. The Morgan fingerprint density at radius 2 is 1.81 bits per heavy atom. The van der Waals surface area contributed by atoms with E-state index < -0.39 is 26.4 Å². The minimum absolute atomic E-state index is 0.0802. The van der Waals surface area contributed by atoms with Crippen LogP contribution in [0.3, 0.4) is 0 Å². The van der Waals surface area contributed by atoms with E-state index in [4.69, 9.17) is 23.2 Å². The maximum absolute atomic E-state index is 13.4. The number of non-ortho nitro benzene ring substituents is 1. The molecule has 0 aliphatic rings. The lowest BCUT2D eigenvalue weighted by Gasteiger charge is -2.23. The summed E-state index contributed by atoms with van der Waals surface area (Å²) in [6, 6.07) is 13.2. The predicted molar refractivity (Wildman–Crippen MR) is 120 cm³/mol. The van der Waals surface area contributed by atoms with E-state index in [1.54, 1.807) is 42.6 Å². The van der Waals surface area contributed by atoms with Crippen LogP contribution in [0.15, 0.2) is 65.7 Å². The van der Waals surface area contributed by atoms with E-state index in [-0.39, 0.29) is 23.5 Å². The molecule has 0 fully saturated rings. The molecule has 32 heavy (non-hydrogen) atoms. The van der Waals surface area contributed by atoms with E-state index in [1.807, 2.05) is 0 Å². The molecule has 1 aromatic heterocycles. The molecule has 1 amide bonds. The molecule has 0 unspecified atom stereocenters. The minimum Gasteiger partial charge on any atom is -0.328 e. The highest BCUT2D eigenvalue weighted by Gasteiger charge is 2.23. The Bertz CT molecular complexity index is 1280. The molecule has 0 aliphatic carbocycles. The molecular weight excluding hydrogens is 477 g/mol. The van der Waals surface area contributed by atoms with Crippen molar-refractivity contribution in [3.05, 3.63) is 97.8 Å². The largest absolute Gasteiger partial charge is 0.328 e. The average molecular weight is 494 g/mol. The van der Waals surface area contributed by atoms with Crippen LogP contribution in [0.5, 0.6) is 0 Å². The molecule has 1 heterocycles. The van der Waals surface area contributed by atoms with Gasteiger partial charge in [0.15, 0.2) is 9.84 Å². The fourth-order valence-electron chi connectivity index (χ4n) is 2.95. The Hall–Kier alpha value is -3.01. The number of nitro groups is 1. The first-order valence-electron chi connectivity index (χ1n) is 9.17. The normalized spacial score (nSPS) is 11.2. The molecule has 3 rings (SSSR count). The second-order valence-electron chi connectivity index (χ2n) is 6.98. The molecule has 0 saturated carbocycles. The molecule has 8 nitrogen and oxygen atoms in total. The van der Waals surface area contributed by atoms with Crippen molar-refractivity contribution in [2.45, 2.75) is 18.0 Å². The summed E-state index contributed by atoms with van der Waals surface area (Å²) >= 11 is 12.1. The summed E-state index contributed by atoms with van der Waals surface area (Å²) in [6.07, 6.45) is 2.49. The average Bonchev–Trinajstić information content (AvgIpc) is 2.75. The molecule has 0 atom stereocenters. The maximum atomic E-state index is 13.4. The van der Waals surface area contributed by atoms with Crippen molar-refractivity contribution in [2.75, 3.05) is 6.26 Å². The van der Waals surface area contributed by atoms with Crippen molar-refractivity contribution in [1.82, 2.24) is 9.88 Å². The fraction of sp³-hybridized carbons (Fsp3) is 0.143. The number of aromatic nitrogens is 1. The standard InChI is InChI=1S/C21H17Cl2N3O5S/c1-32(30,31)18-10-15(9-17(11-18)26(28)29)21(27)25(13-16-4-2-3-7-24-16)12-14-5-6-19(22)20(23)8-14/h2-11H,12-13H2,1H3. The van der Waals surface area contributed by atoms with E-state index in [0.29, 0.717) is 21.3 Å². The Balaban J connectivity index is 2.05. The van der Waals surface area contributed by atoms with Crippen molar-refractivity contribution >= 4 is 44.6 Å². The third kappa shape index (κ3) is 5.82. The first-order valence-corrected chi connectivity index (χ1v) is 11.8. The van der Waals surface area contributed by atoms with Gasteiger partial charge in [0.1, 0.15) is 0 Å². The van der Waals surface area contributed by atoms with Gasteiger partial charge in [-0.05, 0) is 35.9 Å². The topological polar surface area (TPSA) is 110 Å². The molecule has 0 bridgehead atoms. The summed E-state index contributed by atoms with van der Waals surface area (Å²) in [5, 5.41) is 12.0. The zero-order valence-corrected chi connectivity index (χ0v) is 19.1.